The molecule has 1 nitrogen and oxygen atoms in total. The van der Waals surface area contributed by atoms with Gasteiger partial charge in [-0.15, -0.1) is 0 Å². The normalized spacial score (nSPS) is 30.0. The van der Waals surface area contributed by atoms with Crippen LogP contribution in [0.3, 0.4) is 0 Å². The number of hydrogen-bond donors (Lipinski definition) is 0. The molecule has 0 aromatic heterocycles. The van der Waals surface area contributed by atoms with E-state index in [1.54, 1.807) is 0 Å². The predicted octanol–water partition coefficient (Wildman–Crippen LogP) is 4.08. The SMILES string of the molecule is CC(C)(C)CC1CCN(C(C)(C)C)C12CC2. The maximum absolute atomic E-state index is 2.80. The first-order valence-corrected chi connectivity index (χ1v) is 6.93. The fourth-order valence-electron chi connectivity index (χ4n) is 3.84. The lowest BCUT2D eigenvalue weighted by Gasteiger charge is -2.40. The minimum Gasteiger partial charge on any atom is -0.293 e. The van der Waals surface area contributed by atoms with Crippen molar-refractivity contribution in [2.24, 2.45) is 11.3 Å². The molecule has 1 heterocycles. The summed E-state index contributed by atoms with van der Waals surface area (Å²) in [6, 6.07) is 0. The summed E-state index contributed by atoms with van der Waals surface area (Å²) in [5.41, 5.74) is 1.46. The number of likely N-dealkylation sites (tertiary alicyclic amines) is 1. The summed E-state index contributed by atoms with van der Waals surface area (Å²) in [5, 5.41) is 0. The number of rotatable bonds is 1. The molecule has 0 amide bonds. The Morgan fingerprint density at radius 2 is 1.62 bits per heavy atom. The predicted molar refractivity (Wildman–Crippen MR) is 70.6 cm³/mol. The van der Waals surface area contributed by atoms with E-state index in [0.717, 1.165) is 5.92 Å². The van der Waals surface area contributed by atoms with E-state index in [2.05, 4.69) is 46.4 Å². The first kappa shape index (κ1) is 12.4. The monoisotopic (exact) mass is 223 g/mol. The topological polar surface area (TPSA) is 3.24 Å². The van der Waals surface area contributed by atoms with Crippen molar-refractivity contribution in [1.82, 2.24) is 4.90 Å². The number of nitrogens with zero attached hydrogens (tertiary/aromatic N) is 1. The van der Waals surface area contributed by atoms with Gasteiger partial charge in [-0.25, -0.2) is 0 Å². The van der Waals surface area contributed by atoms with Crippen LogP contribution in [-0.4, -0.2) is 22.5 Å². The summed E-state index contributed by atoms with van der Waals surface area (Å²) in [6.07, 6.45) is 5.73. The molecule has 1 unspecified atom stereocenters. The third-order valence-electron chi connectivity index (χ3n) is 4.43. The van der Waals surface area contributed by atoms with Crippen molar-refractivity contribution in [3.63, 3.8) is 0 Å². The fourth-order valence-corrected chi connectivity index (χ4v) is 3.84. The molecular formula is C15H29N. The van der Waals surface area contributed by atoms with Crippen molar-refractivity contribution in [2.45, 2.75) is 78.3 Å². The first-order valence-electron chi connectivity index (χ1n) is 6.93. The fraction of sp³-hybridized carbons (Fsp3) is 1.00. The van der Waals surface area contributed by atoms with E-state index in [1.165, 1.54) is 32.2 Å². The summed E-state index contributed by atoms with van der Waals surface area (Å²) < 4.78 is 0. The van der Waals surface area contributed by atoms with Crippen LogP contribution in [0.25, 0.3) is 0 Å². The lowest BCUT2D eigenvalue weighted by atomic mass is 9.80. The van der Waals surface area contributed by atoms with Crippen LogP contribution in [0.2, 0.25) is 0 Å². The minimum atomic E-state index is 0.364. The molecular weight excluding hydrogens is 194 g/mol. The Morgan fingerprint density at radius 1 is 1.06 bits per heavy atom. The van der Waals surface area contributed by atoms with E-state index in [-0.39, 0.29) is 0 Å². The highest BCUT2D eigenvalue weighted by atomic mass is 15.3. The van der Waals surface area contributed by atoms with Gasteiger partial charge in [0.15, 0.2) is 0 Å². The molecule has 2 fully saturated rings. The molecule has 0 N–H and O–H groups in total. The minimum absolute atomic E-state index is 0.364. The van der Waals surface area contributed by atoms with Crippen LogP contribution in [0.4, 0.5) is 0 Å². The zero-order valence-corrected chi connectivity index (χ0v) is 12.1. The van der Waals surface area contributed by atoms with Crippen molar-refractivity contribution in [1.29, 1.82) is 0 Å². The second kappa shape index (κ2) is 3.48. The summed E-state index contributed by atoms with van der Waals surface area (Å²) in [7, 11) is 0. The molecule has 1 aliphatic carbocycles. The maximum Gasteiger partial charge on any atom is 0.0245 e. The molecule has 0 bridgehead atoms. The molecule has 0 radical (unpaired) electrons. The maximum atomic E-state index is 2.80. The Hall–Kier alpha value is -0.0400. The van der Waals surface area contributed by atoms with E-state index in [0.29, 0.717) is 16.5 Å². The molecule has 2 aliphatic rings. The second-order valence-electron chi connectivity index (χ2n) is 8.18. The molecule has 2 rings (SSSR count). The van der Waals surface area contributed by atoms with Crippen molar-refractivity contribution < 1.29 is 0 Å². The van der Waals surface area contributed by atoms with Crippen LogP contribution in [0, 0.1) is 11.3 Å². The molecule has 0 aromatic rings. The Labute approximate surface area is 102 Å². The van der Waals surface area contributed by atoms with Gasteiger partial charge in [0.05, 0.1) is 0 Å². The van der Waals surface area contributed by atoms with E-state index >= 15 is 0 Å². The lowest BCUT2D eigenvalue weighted by Crippen LogP contribution is -2.48. The van der Waals surface area contributed by atoms with Gasteiger partial charge in [0.2, 0.25) is 0 Å². The molecule has 1 atom stereocenters. The Morgan fingerprint density at radius 3 is 2.00 bits per heavy atom. The van der Waals surface area contributed by atoms with Crippen molar-refractivity contribution >= 4 is 0 Å². The van der Waals surface area contributed by atoms with Gasteiger partial charge in [-0.05, 0) is 64.3 Å². The molecule has 1 saturated heterocycles. The average molecular weight is 223 g/mol. The van der Waals surface area contributed by atoms with E-state index in [1.807, 2.05) is 0 Å². The van der Waals surface area contributed by atoms with Crippen LogP contribution >= 0.6 is 0 Å². The third-order valence-corrected chi connectivity index (χ3v) is 4.43. The van der Waals surface area contributed by atoms with Crippen LogP contribution in [0.15, 0.2) is 0 Å². The van der Waals surface area contributed by atoms with Gasteiger partial charge in [0, 0.05) is 11.1 Å². The molecule has 1 heteroatoms. The summed E-state index contributed by atoms with van der Waals surface area (Å²) in [4.78, 5) is 2.80. The van der Waals surface area contributed by atoms with Crippen molar-refractivity contribution in [3.05, 3.63) is 0 Å². The van der Waals surface area contributed by atoms with Gasteiger partial charge in [0.1, 0.15) is 0 Å². The molecule has 94 valence electrons. The van der Waals surface area contributed by atoms with Gasteiger partial charge < -0.3 is 0 Å². The molecule has 1 aliphatic heterocycles. The summed E-state index contributed by atoms with van der Waals surface area (Å²) >= 11 is 0. The highest BCUT2D eigenvalue weighted by Crippen LogP contribution is 2.58. The third kappa shape index (κ3) is 2.16. The second-order valence-corrected chi connectivity index (χ2v) is 8.18. The van der Waals surface area contributed by atoms with E-state index < -0.39 is 0 Å². The number of hydrogen-bond acceptors (Lipinski definition) is 1. The van der Waals surface area contributed by atoms with Gasteiger partial charge in [-0.3, -0.25) is 4.90 Å². The van der Waals surface area contributed by atoms with E-state index in [4.69, 9.17) is 0 Å². The molecule has 1 spiro atoms. The Kier molecular flexibility index (Phi) is 2.70. The summed E-state index contributed by atoms with van der Waals surface area (Å²) in [5.74, 6) is 0.951. The largest absolute Gasteiger partial charge is 0.293 e. The Balaban J connectivity index is 2.10. The zero-order chi connectivity index (χ0) is 12.2. The van der Waals surface area contributed by atoms with Crippen LogP contribution in [0.1, 0.15) is 67.2 Å². The summed E-state index contributed by atoms with van der Waals surface area (Å²) in [6.45, 7) is 15.6. The lowest BCUT2D eigenvalue weighted by molar-refractivity contribution is 0.0813. The van der Waals surface area contributed by atoms with Gasteiger partial charge in [-0.2, -0.15) is 0 Å². The van der Waals surface area contributed by atoms with Gasteiger partial charge in [0.25, 0.3) is 0 Å². The zero-order valence-electron chi connectivity index (χ0n) is 12.1. The first-order chi connectivity index (χ1) is 7.15. The average Bonchev–Trinajstić information content (AvgIpc) is 2.70. The Bertz CT molecular complexity index is 262. The standard InChI is InChI=1S/C15H29N/c1-13(2,3)11-12-7-10-16(14(4,5)6)15(12)8-9-15/h12H,7-11H2,1-6H3. The van der Waals surface area contributed by atoms with Crippen LogP contribution < -0.4 is 0 Å². The molecule has 0 aromatic carbocycles. The highest BCUT2D eigenvalue weighted by Gasteiger charge is 2.59. The van der Waals surface area contributed by atoms with Crippen molar-refractivity contribution in [3.8, 4) is 0 Å². The van der Waals surface area contributed by atoms with Crippen molar-refractivity contribution in [2.75, 3.05) is 6.54 Å². The smallest absolute Gasteiger partial charge is 0.0245 e. The highest BCUT2D eigenvalue weighted by molar-refractivity contribution is 5.15. The van der Waals surface area contributed by atoms with Crippen LogP contribution in [0.5, 0.6) is 0 Å². The quantitative estimate of drug-likeness (QED) is 0.647. The molecule has 16 heavy (non-hydrogen) atoms. The van der Waals surface area contributed by atoms with Gasteiger partial charge in [-0.1, -0.05) is 20.8 Å². The molecule has 1 saturated carbocycles. The van der Waals surface area contributed by atoms with E-state index in [9.17, 15) is 0 Å². The van der Waals surface area contributed by atoms with Gasteiger partial charge >= 0.3 is 0 Å². The van der Waals surface area contributed by atoms with Crippen LogP contribution in [-0.2, 0) is 0 Å².